The zero-order valence-corrected chi connectivity index (χ0v) is 14.9. The molecule has 0 aliphatic carbocycles. The number of methoxy groups -OCH3 is 1. The van der Waals surface area contributed by atoms with Crippen LogP contribution in [0.15, 0.2) is 9.59 Å². The summed E-state index contributed by atoms with van der Waals surface area (Å²) in [5.41, 5.74) is 3.86. The molecule has 3 heterocycles. The van der Waals surface area contributed by atoms with Gasteiger partial charge in [-0.15, -0.1) is 0 Å². The maximum absolute atomic E-state index is 13.0. The molecule has 3 rings (SSSR count). The molecule has 1 aliphatic heterocycles. The number of anilines is 1. The van der Waals surface area contributed by atoms with E-state index in [2.05, 4.69) is 14.7 Å². The number of hydrogen-bond acceptors (Lipinski definition) is 10. The lowest BCUT2D eigenvalue weighted by Crippen LogP contribution is -2.36. The number of fused-ring (bicyclic) bond motifs is 1. The smallest absolute Gasteiger partial charge is 0.332 e. The number of aromatic nitrogens is 4. The zero-order valence-electron chi connectivity index (χ0n) is 14.9. The Kier molecular flexibility index (Phi) is 5.51. The second-order valence-electron chi connectivity index (χ2n) is 6.34. The van der Waals surface area contributed by atoms with Gasteiger partial charge in [0.05, 0.1) is 13.7 Å². The summed E-state index contributed by atoms with van der Waals surface area (Å²) in [5.74, 6) is -0.735. The number of aliphatic hydroxyl groups excluding tert-OH is 3. The molecular weight excluding hydrogens is 378 g/mol. The van der Waals surface area contributed by atoms with Gasteiger partial charge in [0, 0.05) is 13.0 Å². The van der Waals surface area contributed by atoms with Gasteiger partial charge >= 0.3 is 11.7 Å². The molecule has 2 aromatic heterocycles. The largest absolute Gasteiger partial charge is 0.469 e. The lowest BCUT2D eigenvalue weighted by molar-refractivity contribution is -0.140. The molecule has 28 heavy (non-hydrogen) atoms. The first-order valence-corrected chi connectivity index (χ1v) is 8.50. The second kappa shape index (κ2) is 7.71. The minimum atomic E-state index is -1.55. The molecule has 13 nitrogen and oxygen atoms in total. The highest BCUT2D eigenvalue weighted by atomic mass is 16.6. The van der Waals surface area contributed by atoms with Crippen molar-refractivity contribution in [3.05, 3.63) is 20.8 Å². The number of aliphatic hydroxyl groups is 3. The van der Waals surface area contributed by atoms with E-state index in [1.54, 1.807) is 0 Å². The van der Waals surface area contributed by atoms with Crippen LogP contribution in [0, 0.1) is 0 Å². The van der Waals surface area contributed by atoms with Gasteiger partial charge in [-0.1, -0.05) is 0 Å². The highest BCUT2D eigenvalue weighted by Crippen LogP contribution is 2.30. The maximum atomic E-state index is 13.0. The fourth-order valence-corrected chi connectivity index (χ4v) is 3.21. The van der Waals surface area contributed by atoms with Crippen molar-refractivity contribution in [1.29, 1.82) is 0 Å². The lowest BCUT2D eigenvalue weighted by atomic mass is 10.1. The van der Waals surface area contributed by atoms with Gasteiger partial charge in [0.25, 0.3) is 5.56 Å². The van der Waals surface area contributed by atoms with Crippen LogP contribution in [0.2, 0.25) is 0 Å². The number of nitrogens with zero attached hydrogens (tertiary/aromatic N) is 3. The first kappa shape index (κ1) is 20.0. The summed E-state index contributed by atoms with van der Waals surface area (Å²) in [7, 11) is 1.24. The van der Waals surface area contributed by atoms with Crippen LogP contribution >= 0.6 is 0 Å². The van der Waals surface area contributed by atoms with Crippen LogP contribution in [0.4, 0.5) is 5.95 Å². The highest BCUT2D eigenvalue weighted by Gasteiger charge is 2.45. The van der Waals surface area contributed by atoms with E-state index in [-0.39, 0.29) is 36.5 Å². The number of rotatable bonds is 6. The Bertz CT molecular complexity index is 995. The molecule has 0 aromatic carbocycles. The van der Waals surface area contributed by atoms with Gasteiger partial charge in [-0.3, -0.25) is 19.1 Å². The van der Waals surface area contributed by atoms with Crippen LogP contribution < -0.4 is 17.0 Å². The van der Waals surface area contributed by atoms with E-state index in [0.717, 1.165) is 9.13 Å². The summed E-state index contributed by atoms with van der Waals surface area (Å²) in [4.78, 5) is 42.9. The van der Waals surface area contributed by atoms with Gasteiger partial charge in [-0.2, -0.15) is 4.98 Å². The highest BCUT2D eigenvalue weighted by molar-refractivity contribution is 5.72. The van der Waals surface area contributed by atoms with Crippen molar-refractivity contribution in [3.8, 4) is 0 Å². The lowest BCUT2D eigenvalue weighted by Gasteiger charge is -2.15. The molecule has 1 aliphatic rings. The van der Waals surface area contributed by atoms with Gasteiger partial charge in [0.15, 0.2) is 17.4 Å². The summed E-state index contributed by atoms with van der Waals surface area (Å²) in [5, 5.41) is 29.5. The number of imidazole rings is 1. The van der Waals surface area contributed by atoms with Crippen LogP contribution in [-0.2, 0) is 20.8 Å². The van der Waals surface area contributed by atoms with Crippen molar-refractivity contribution >= 4 is 23.1 Å². The molecule has 0 spiro atoms. The Morgan fingerprint density at radius 2 is 2.07 bits per heavy atom. The third-order valence-corrected chi connectivity index (χ3v) is 4.59. The topological polar surface area (TPSA) is 195 Å². The van der Waals surface area contributed by atoms with Crippen molar-refractivity contribution in [1.82, 2.24) is 19.1 Å². The Hall–Kier alpha value is -2.74. The van der Waals surface area contributed by atoms with E-state index in [1.165, 1.54) is 7.11 Å². The van der Waals surface area contributed by atoms with E-state index in [0.29, 0.717) is 0 Å². The number of hydrogen-bond donors (Lipinski definition) is 5. The second-order valence-corrected chi connectivity index (χ2v) is 6.34. The van der Waals surface area contributed by atoms with Gasteiger partial charge in [0.1, 0.15) is 18.3 Å². The summed E-state index contributed by atoms with van der Waals surface area (Å²) >= 11 is 0. The van der Waals surface area contributed by atoms with Crippen molar-refractivity contribution < 1.29 is 29.6 Å². The van der Waals surface area contributed by atoms with Crippen molar-refractivity contribution in [2.45, 2.75) is 43.9 Å². The molecule has 1 fully saturated rings. The molecule has 13 heteroatoms. The molecule has 1 saturated heterocycles. The number of ether oxygens (including phenoxy) is 2. The number of esters is 1. The minimum Gasteiger partial charge on any atom is -0.469 e. The number of H-pyrrole nitrogens is 1. The number of aryl methyl sites for hydroxylation is 1. The summed E-state index contributed by atoms with van der Waals surface area (Å²) < 4.78 is 11.9. The summed E-state index contributed by atoms with van der Waals surface area (Å²) in [6.45, 7) is -0.599. The first-order valence-electron chi connectivity index (χ1n) is 8.50. The summed E-state index contributed by atoms with van der Waals surface area (Å²) in [6, 6.07) is 0. The summed E-state index contributed by atoms with van der Waals surface area (Å²) in [6.07, 6.45) is -5.29. The first-order chi connectivity index (χ1) is 13.3. The third kappa shape index (κ3) is 3.28. The molecule has 0 radical (unpaired) electrons. The number of carbonyl (C=O) groups is 1. The molecule has 4 atom stereocenters. The van der Waals surface area contributed by atoms with E-state index >= 15 is 0 Å². The van der Waals surface area contributed by atoms with Gasteiger partial charge < -0.3 is 30.5 Å². The standard InChI is InChI=1S/C15H21N5O8/c1-27-7(22)3-2-4-19-8-11(17-14(16)18-12(8)25)20(15(19)26)13-10(24)9(23)6(5-21)28-13/h6,9-10,13,21,23-24H,2-5H2,1H3,(H3,16,17,18,25). The van der Waals surface area contributed by atoms with Gasteiger partial charge in [0.2, 0.25) is 5.95 Å². The quantitative estimate of drug-likeness (QED) is 0.313. The Labute approximate surface area is 156 Å². The van der Waals surface area contributed by atoms with E-state index in [9.17, 15) is 29.7 Å². The number of nitrogens with two attached hydrogens (primary N) is 1. The molecule has 4 unspecified atom stereocenters. The fourth-order valence-electron chi connectivity index (χ4n) is 3.21. The molecule has 154 valence electrons. The van der Waals surface area contributed by atoms with E-state index < -0.39 is 48.4 Å². The SMILES string of the molecule is COC(=O)CCCn1c(=O)n(C2OC(CO)C(O)C2O)c2nc(N)[nH]c(=O)c21. The van der Waals surface area contributed by atoms with E-state index in [1.807, 2.05) is 0 Å². The van der Waals surface area contributed by atoms with Gasteiger partial charge in [-0.05, 0) is 6.42 Å². The number of nitrogens with one attached hydrogen (secondary N) is 1. The van der Waals surface area contributed by atoms with Crippen LogP contribution in [0.25, 0.3) is 11.2 Å². The number of aromatic amines is 1. The Morgan fingerprint density at radius 1 is 1.36 bits per heavy atom. The van der Waals surface area contributed by atoms with Gasteiger partial charge in [-0.25, -0.2) is 9.36 Å². The molecule has 0 saturated carbocycles. The predicted octanol–water partition coefficient (Wildman–Crippen LogP) is -2.97. The van der Waals surface area contributed by atoms with Crippen LogP contribution in [-0.4, -0.2) is 72.4 Å². The molecule has 6 N–H and O–H groups in total. The van der Waals surface area contributed by atoms with E-state index in [4.69, 9.17) is 10.5 Å². The zero-order chi connectivity index (χ0) is 20.6. The molecular formula is C15H21N5O8. The van der Waals surface area contributed by atoms with Crippen LogP contribution in [0.1, 0.15) is 19.1 Å². The average molecular weight is 399 g/mol. The fraction of sp³-hybridized carbons (Fsp3) is 0.600. The molecule has 0 amide bonds. The maximum Gasteiger partial charge on any atom is 0.332 e. The number of nitrogen functional groups attached to an aromatic ring is 1. The molecule has 0 bridgehead atoms. The molecule has 2 aromatic rings. The van der Waals surface area contributed by atoms with Crippen molar-refractivity contribution in [2.24, 2.45) is 0 Å². The Balaban J connectivity index is 2.10. The number of carbonyl (C=O) groups excluding carboxylic acids is 1. The van der Waals surface area contributed by atoms with Crippen molar-refractivity contribution in [3.63, 3.8) is 0 Å². The predicted molar refractivity (Wildman–Crippen MR) is 93.3 cm³/mol. The van der Waals surface area contributed by atoms with Crippen molar-refractivity contribution in [2.75, 3.05) is 19.5 Å². The third-order valence-electron chi connectivity index (χ3n) is 4.59. The minimum absolute atomic E-state index is 0.0130. The Morgan fingerprint density at radius 3 is 2.68 bits per heavy atom. The average Bonchev–Trinajstić information content (AvgIpc) is 3.09. The monoisotopic (exact) mass is 399 g/mol. The van der Waals surface area contributed by atoms with Crippen LogP contribution in [0.5, 0.6) is 0 Å². The van der Waals surface area contributed by atoms with Crippen LogP contribution in [0.3, 0.4) is 0 Å². The normalized spacial score (nSPS) is 24.7.